The minimum Gasteiger partial charge on any atom is -0.309 e. The Bertz CT molecular complexity index is 284. The number of piperazine rings is 1. The Morgan fingerprint density at radius 3 is 2.22 bits per heavy atom. The van der Waals surface area contributed by atoms with E-state index in [0.717, 1.165) is 13.1 Å². The molecule has 0 unspecified atom stereocenters. The molecule has 2 aliphatic heterocycles. The van der Waals surface area contributed by atoms with Crippen molar-refractivity contribution in [3.05, 3.63) is 11.1 Å². The second-order valence-electron chi connectivity index (χ2n) is 5.91. The van der Waals surface area contributed by atoms with Gasteiger partial charge in [0.2, 0.25) is 0 Å². The number of nitrogens with one attached hydrogen (secondary N) is 1. The molecule has 2 aliphatic rings. The van der Waals surface area contributed by atoms with Crippen LogP contribution in [0.15, 0.2) is 11.1 Å². The highest BCUT2D eigenvalue weighted by Crippen LogP contribution is 2.11. The van der Waals surface area contributed by atoms with Crippen molar-refractivity contribution < 1.29 is 0 Å². The van der Waals surface area contributed by atoms with Crippen molar-refractivity contribution in [2.45, 2.75) is 6.92 Å². The van der Waals surface area contributed by atoms with Crippen LogP contribution in [-0.2, 0) is 0 Å². The van der Waals surface area contributed by atoms with E-state index in [1.54, 1.807) is 11.1 Å². The van der Waals surface area contributed by atoms with Gasteiger partial charge in [0.15, 0.2) is 0 Å². The van der Waals surface area contributed by atoms with E-state index in [0.29, 0.717) is 0 Å². The van der Waals surface area contributed by atoms with E-state index in [1.165, 1.54) is 45.8 Å². The average Bonchev–Trinajstić information content (AvgIpc) is 2.25. The second kappa shape index (κ2) is 6.66. The van der Waals surface area contributed by atoms with Crippen LogP contribution in [0.1, 0.15) is 6.92 Å². The summed E-state index contributed by atoms with van der Waals surface area (Å²) in [5.74, 6) is 0. The zero-order valence-electron chi connectivity index (χ0n) is 12.2. The van der Waals surface area contributed by atoms with Crippen LogP contribution in [0, 0.1) is 0 Å². The third kappa shape index (κ3) is 4.05. The first-order valence-corrected chi connectivity index (χ1v) is 7.13. The molecule has 0 aromatic carbocycles. The molecule has 0 aromatic rings. The van der Waals surface area contributed by atoms with Crippen molar-refractivity contribution in [2.24, 2.45) is 0 Å². The molecule has 2 fully saturated rings. The molecule has 1 N–H and O–H groups in total. The molecule has 0 atom stereocenters. The van der Waals surface area contributed by atoms with Gasteiger partial charge >= 0.3 is 0 Å². The van der Waals surface area contributed by atoms with Crippen molar-refractivity contribution >= 4 is 0 Å². The van der Waals surface area contributed by atoms with Crippen LogP contribution in [0.25, 0.3) is 0 Å². The Labute approximate surface area is 112 Å². The summed E-state index contributed by atoms with van der Waals surface area (Å²) in [6, 6.07) is 0. The van der Waals surface area contributed by atoms with E-state index in [2.05, 4.69) is 41.0 Å². The summed E-state index contributed by atoms with van der Waals surface area (Å²) in [4.78, 5) is 7.46. The summed E-state index contributed by atoms with van der Waals surface area (Å²) in [6.45, 7) is 13.0. The maximum atomic E-state index is 3.32. The molecule has 0 radical (unpaired) electrons. The normalized spacial score (nSPS) is 22.3. The zero-order valence-corrected chi connectivity index (χ0v) is 12.2. The van der Waals surface area contributed by atoms with Crippen LogP contribution < -0.4 is 5.32 Å². The lowest BCUT2D eigenvalue weighted by atomic mass is 10.0. The molecule has 0 aromatic heterocycles. The topological polar surface area (TPSA) is 21.8 Å². The van der Waals surface area contributed by atoms with Crippen molar-refractivity contribution in [3.63, 3.8) is 0 Å². The first-order chi connectivity index (χ1) is 8.65. The Kier molecular flexibility index (Phi) is 5.18. The fourth-order valence-electron chi connectivity index (χ4n) is 2.51. The molecule has 4 nitrogen and oxygen atoms in total. The van der Waals surface area contributed by atoms with Gasteiger partial charge in [-0.3, -0.25) is 9.80 Å². The molecular formula is C14H28N4. The van der Waals surface area contributed by atoms with Crippen LogP contribution in [-0.4, -0.2) is 87.7 Å². The molecule has 0 aliphatic carbocycles. The Morgan fingerprint density at radius 1 is 1.11 bits per heavy atom. The van der Waals surface area contributed by atoms with Gasteiger partial charge in [-0.15, -0.1) is 0 Å². The van der Waals surface area contributed by atoms with Gasteiger partial charge in [-0.25, -0.2) is 0 Å². The Balaban J connectivity index is 1.67. The van der Waals surface area contributed by atoms with Gasteiger partial charge in [0.05, 0.1) is 0 Å². The molecule has 0 amide bonds. The van der Waals surface area contributed by atoms with Gasteiger partial charge < -0.3 is 10.2 Å². The van der Waals surface area contributed by atoms with Gasteiger partial charge in [0.25, 0.3) is 0 Å². The van der Waals surface area contributed by atoms with Gasteiger partial charge in [-0.2, -0.15) is 0 Å². The lowest BCUT2D eigenvalue weighted by Gasteiger charge is -2.36. The van der Waals surface area contributed by atoms with E-state index in [1.807, 2.05) is 0 Å². The SMILES string of the molecule is CC(CN1CCN(CCN(C)C)CC1)=C1CNC1. The highest BCUT2D eigenvalue weighted by atomic mass is 15.3. The number of rotatable bonds is 5. The van der Waals surface area contributed by atoms with Crippen LogP contribution >= 0.6 is 0 Å². The monoisotopic (exact) mass is 252 g/mol. The fraction of sp³-hybridized carbons (Fsp3) is 0.857. The van der Waals surface area contributed by atoms with E-state index >= 15 is 0 Å². The number of likely N-dealkylation sites (N-methyl/N-ethyl adjacent to an activating group) is 1. The highest BCUT2D eigenvalue weighted by molar-refractivity contribution is 5.22. The van der Waals surface area contributed by atoms with E-state index in [4.69, 9.17) is 0 Å². The molecular weight excluding hydrogens is 224 g/mol. The van der Waals surface area contributed by atoms with Gasteiger partial charge in [-0.1, -0.05) is 5.57 Å². The van der Waals surface area contributed by atoms with Crippen molar-refractivity contribution in [1.82, 2.24) is 20.0 Å². The molecule has 2 saturated heterocycles. The largest absolute Gasteiger partial charge is 0.309 e. The Hall–Kier alpha value is -0.420. The molecule has 18 heavy (non-hydrogen) atoms. The zero-order chi connectivity index (χ0) is 13.0. The van der Waals surface area contributed by atoms with Crippen LogP contribution in [0.5, 0.6) is 0 Å². The standard InChI is InChI=1S/C14H28N4/c1-13(14-10-15-11-14)12-18-8-6-17(7-9-18)5-4-16(2)3/h15H,4-12H2,1-3H3. The summed E-state index contributed by atoms with van der Waals surface area (Å²) in [7, 11) is 4.30. The third-order valence-electron chi connectivity index (χ3n) is 4.07. The Morgan fingerprint density at radius 2 is 1.72 bits per heavy atom. The molecule has 2 heterocycles. The van der Waals surface area contributed by atoms with Crippen LogP contribution in [0.3, 0.4) is 0 Å². The maximum Gasteiger partial charge on any atom is 0.0194 e. The van der Waals surface area contributed by atoms with E-state index < -0.39 is 0 Å². The molecule has 0 bridgehead atoms. The minimum absolute atomic E-state index is 1.12. The van der Waals surface area contributed by atoms with E-state index in [9.17, 15) is 0 Å². The first-order valence-electron chi connectivity index (χ1n) is 7.13. The lowest BCUT2D eigenvalue weighted by Crippen LogP contribution is -2.48. The molecule has 0 saturated carbocycles. The van der Waals surface area contributed by atoms with Crippen LogP contribution in [0.4, 0.5) is 0 Å². The third-order valence-corrected chi connectivity index (χ3v) is 4.07. The number of nitrogens with zero attached hydrogens (tertiary/aromatic N) is 3. The van der Waals surface area contributed by atoms with Gasteiger partial charge in [-0.05, 0) is 26.6 Å². The van der Waals surface area contributed by atoms with Crippen LogP contribution in [0.2, 0.25) is 0 Å². The average molecular weight is 252 g/mol. The highest BCUT2D eigenvalue weighted by Gasteiger charge is 2.18. The molecule has 4 heteroatoms. The quantitative estimate of drug-likeness (QED) is 0.700. The molecule has 104 valence electrons. The minimum atomic E-state index is 1.12. The number of hydrogen-bond acceptors (Lipinski definition) is 4. The fourth-order valence-corrected chi connectivity index (χ4v) is 2.51. The number of hydrogen-bond donors (Lipinski definition) is 1. The summed E-state index contributed by atoms with van der Waals surface area (Å²) < 4.78 is 0. The first kappa shape index (κ1) is 14.0. The predicted octanol–water partition coefficient (Wildman–Crippen LogP) is 0.0853. The van der Waals surface area contributed by atoms with Crippen molar-refractivity contribution in [1.29, 1.82) is 0 Å². The molecule has 0 spiro atoms. The summed E-state index contributed by atoms with van der Waals surface area (Å²) in [5.41, 5.74) is 3.22. The molecule has 2 rings (SSSR count). The summed E-state index contributed by atoms with van der Waals surface area (Å²) in [5, 5.41) is 3.32. The smallest absolute Gasteiger partial charge is 0.0194 e. The summed E-state index contributed by atoms with van der Waals surface area (Å²) in [6.07, 6.45) is 0. The second-order valence-corrected chi connectivity index (χ2v) is 5.91. The van der Waals surface area contributed by atoms with Crippen molar-refractivity contribution in [3.8, 4) is 0 Å². The van der Waals surface area contributed by atoms with Gasteiger partial charge in [0.1, 0.15) is 0 Å². The van der Waals surface area contributed by atoms with E-state index in [-0.39, 0.29) is 0 Å². The van der Waals surface area contributed by atoms with Crippen molar-refractivity contribution in [2.75, 3.05) is 73.0 Å². The maximum absolute atomic E-state index is 3.32. The predicted molar refractivity (Wildman–Crippen MR) is 77.0 cm³/mol. The lowest BCUT2D eigenvalue weighted by molar-refractivity contribution is 0.132. The summed E-state index contributed by atoms with van der Waals surface area (Å²) >= 11 is 0. The van der Waals surface area contributed by atoms with Gasteiger partial charge in [0, 0.05) is 58.9 Å².